The second kappa shape index (κ2) is 7.42. The third-order valence-electron chi connectivity index (χ3n) is 4.77. The lowest BCUT2D eigenvalue weighted by molar-refractivity contribution is -0.117. The Kier molecular flexibility index (Phi) is 4.81. The Balaban J connectivity index is 1.55. The maximum atomic E-state index is 13.4. The second-order valence-corrected chi connectivity index (χ2v) is 6.75. The quantitative estimate of drug-likeness (QED) is 0.665. The van der Waals surface area contributed by atoms with Gasteiger partial charge in [0.2, 0.25) is 17.6 Å². The number of amides is 1. The molecule has 4 rings (SSSR count). The van der Waals surface area contributed by atoms with E-state index >= 15 is 0 Å². The van der Waals surface area contributed by atoms with Gasteiger partial charge in [0, 0.05) is 24.2 Å². The lowest BCUT2D eigenvalue weighted by atomic mass is 10.1. The van der Waals surface area contributed by atoms with Crippen molar-refractivity contribution in [1.82, 2.24) is 10.1 Å². The third-order valence-corrected chi connectivity index (χ3v) is 4.77. The number of carbonyl (C=O) groups excluding carboxylic acids is 1. The first kappa shape index (κ1) is 18.2. The fourth-order valence-corrected chi connectivity index (χ4v) is 3.44. The summed E-state index contributed by atoms with van der Waals surface area (Å²) in [6, 6.07) is 11.9. The van der Waals surface area contributed by atoms with Crippen LogP contribution >= 0.6 is 0 Å². The molecule has 1 fully saturated rings. The number of ether oxygens (including phenoxy) is 1. The summed E-state index contributed by atoms with van der Waals surface area (Å²) in [5, 5.41) is 4.06. The molecule has 1 amide bonds. The molecule has 7 heteroatoms. The number of hydrogen-bond acceptors (Lipinski definition) is 5. The van der Waals surface area contributed by atoms with Crippen molar-refractivity contribution in [3.63, 3.8) is 0 Å². The maximum Gasteiger partial charge on any atom is 0.232 e. The van der Waals surface area contributed by atoms with E-state index in [9.17, 15) is 9.18 Å². The predicted molar refractivity (Wildman–Crippen MR) is 102 cm³/mol. The molecule has 1 aliphatic heterocycles. The second-order valence-electron chi connectivity index (χ2n) is 6.75. The van der Waals surface area contributed by atoms with E-state index in [0.717, 1.165) is 11.3 Å². The van der Waals surface area contributed by atoms with Crippen molar-refractivity contribution in [2.45, 2.75) is 26.2 Å². The van der Waals surface area contributed by atoms with Crippen molar-refractivity contribution in [2.24, 2.45) is 0 Å². The number of aryl methyl sites for hydroxylation is 1. The first-order valence-electron chi connectivity index (χ1n) is 9.18. The topological polar surface area (TPSA) is 68.5 Å². The normalized spacial score (nSPS) is 16.6. The van der Waals surface area contributed by atoms with Crippen LogP contribution in [0.4, 0.5) is 10.1 Å². The summed E-state index contributed by atoms with van der Waals surface area (Å²) in [6.07, 6.45) is 0.275. The van der Waals surface area contributed by atoms with E-state index in [1.165, 1.54) is 12.1 Å². The van der Waals surface area contributed by atoms with Gasteiger partial charge in [0.15, 0.2) is 0 Å². The monoisotopic (exact) mass is 381 g/mol. The lowest BCUT2D eigenvalue weighted by Crippen LogP contribution is -2.25. The fourth-order valence-electron chi connectivity index (χ4n) is 3.44. The molecule has 0 aliphatic carbocycles. The van der Waals surface area contributed by atoms with Gasteiger partial charge in [0.25, 0.3) is 0 Å². The van der Waals surface area contributed by atoms with Gasteiger partial charge < -0.3 is 14.2 Å². The molecule has 0 saturated carbocycles. The van der Waals surface area contributed by atoms with Crippen LogP contribution < -0.4 is 9.64 Å². The minimum atomic E-state index is -0.319. The van der Waals surface area contributed by atoms with E-state index in [4.69, 9.17) is 9.26 Å². The highest BCUT2D eigenvalue weighted by Crippen LogP contribution is 2.33. The maximum absolute atomic E-state index is 13.4. The van der Waals surface area contributed by atoms with Crippen LogP contribution in [-0.4, -0.2) is 29.2 Å². The predicted octanol–water partition coefficient (Wildman–Crippen LogP) is 4.10. The van der Waals surface area contributed by atoms with E-state index in [0.29, 0.717) is 36.1 Å². The highest BCUT2D eigenvalue weighted by molar-refractivity contribution is 5.97. The Morgan fingerprint density at radius 2 is 2.14 bits per heavy atom. The summed E-state index contributed by atoms with van der Waals surface area (Å²) in [5.74, 6) is 1.06. The smallest absolute Gasteiger partial charge is 0.232 e. The van der Waals surface area contributed by atoms with Crippen molar-refractivity contribution in [2.75, 3.05) is 18.1 Å². The van der Waals surface area contributed by atoms with Crippen molar-refractivity contribution < 1.29 is 18.4 Å². The van der Waals surface area contributed by atoms with Gasteiger partial charge >= 0.3 is 0 Å². The number of aromatic nitrogens is 2. The van der Waals surface area contributed by atoms with E-state index in [1.807, 2.05) is 31.2 Å². The summed E-state index contributed by atoms with van der Waals surface area (Å²) in [7, 11) is 0. The van der Waals surface area contributed by atoms with Gasteiger partial charge in [0.1, 0.15) is 11.6 Å². The molecule has 0 N–H and O–H groups in total. The number of anilines is 1. The number of benzene rings is 2. The molecule has 2 heterocycles. The molecular formula is C21H20FN3O3. The zero-order chi connectivity index (χ0) is 19.7. The summed E-state index contributed by atoms with van der Waals surface area (Å²) >= 11 is 0. The molecule has 1 aliphatic rings. The average molecular weight is 381 g/mol. The number of hydrogen-bond donors (Lipinski definition) is 0. The minimum Gasteiger partial charge on any atom is -0.494 e. The largest absolute Gasteiger partial charge is 0.494 e. The van der Waals surface area contributed by atoms with Crippen LogP contribution in [0.1, 0.15) is 30.7 Å². The van der Waals surface area contributed by atoms with Gasteiger partial charge in [-0.2, -0.15) is 4.98 Å². The first-order valence-corrected chi connectivity index (χ1v) is 9.18. The SMILES string of the molecule is CCOc1cccc(-c2noc(C3CC(=O)N(c4ccc(F)cc4C)C3)n2)c1. The molecule has 0 radical (unpaired) electrons. The molecule has 1 unspecified atom stereocenters. The van der Waals surface area contributed by atoms with E-state index < -0.39 is 0 Å². The minimum absolute atomic E-state index is 0.0437. The molecule has 1 saturated heterocycles. The molecule has 0 bridgehead atoms. The highest BCUT2D eigenvalue weighted by Gasteiger charge is 2.35. The van der Waals surface area contributed by atoms with Crippen LogP contribution in [0, 0.1) is 12.7 Å². The van der Waals surface area contributed by atoms with Gasteiger partial charge in [-0.25, -0.2) is 4.39 Å². The Labute approximate surface area is 161 Å². The Bertz CT molecular complexity index is 1020. The van der Waals surface area contributed by atoms with Gasteiger partial charge in [-0.3, -0.25) is 4.79 Å². The zero-order valence-electron chi connectivity index (χ0n) is 15.7. The highest BCUT2D eigenvalue weighted by atomic mass is 19.1. The van der Waals surface area contributed by atoms with Crippen LogP contribution in [0.25, 0.3) is 11.4 Å². The number of nitrogens with zero attached hydrogens (tertiary/aromatic N) is 3. The van der Waals surface area contributed by atoms with Crippen LogP contribution in [0.2, 0.25) is 0 Å². The van der Waals surface area contributed by atoms with Crippen molar-refractivity contribution >= 4 is 11.6 Å². The molecular weight excluding hydrogens is 361 g/mol. The number of rotatable bonds is 5. The molecule has 1 aromatic heterocycles. The lowest BCUT2D eigenvalue weighted by Gasteiger charge is -2.18. The van der Waals surface area contributed by atoms with Crippen LogP contribution in [0.3, 0.4) is 0 Å². The van der Waals surface area contributed by atoms with E-state index in [2.05, 4.69) is 10.1 Å². The summed E-state index contributed by atoms with van der Waals surface area (Å²) in [6.45, 7) is 4.70. The summed E-state index contributed by atoms with van der Waals surface area (Å²) in [4.78, 5) is 18.7. The molecule has 144 valence electrons. The fraction of sp³-hybridized carbons (Fsp3) is 0.286. The van der Waals surface area contributed by atoms with Gasteiger partial charge in [0.05, 0.1) is 12.5 Å². The van der Waals surface area contributed by atoms with E-state index in [-0.39, 0.29) is 24.1 Å². The van der Waals surface area contributed by atoms with Crippen LogP contribution in [-0.2, 0) is 4.79 Å². The molecule has 6 nitrogen and oxygen atoms in total. The van der Waals surface area contributed by atoms with Gasteiger partial charge in [-0.1, -0.05) is 17.3 Å². The molecule has 1 atom stereocenters. The van der Waals surface area contributed by atoms with Crippen LogP contribution in [0.5, 0.6) is 5.75 Å². The zero-order valence-corrected chi connectivity index (χ0v) is 15.7. The summed E-state index contributed by atoms with van der Waals surface area (Å²) in [5.41, 5.74) is 2.21. The molecule has 28 heavy (non-hydrogen) atoms. The Morgan fingerprint density at radius 1 is 1.29 bits per heavy atom. The Morgan fingerprint density at radius 3 is 2.93 bits per heavy atom. The van der Waals surface area contributed by atoms with E-state index in [1.54, 1.807) is 17.9 Å². The molecule has 2 aromatic carbocycles. The molecule has 0 spiro atoms. The van der Waals surface area contributed by atoms with Crippen molar-refractivity contribution in [1.29, 1.82) is 0 Å². The number of carbonyl (C=O) groups is 1. The Hall–Kier alpha value is -3.22. The van der Waals surface area contributed by atoms with Gasteiger partial charge in [-0.15, -0.1) is 0 Å². The first-order chi connectivity index (χ1) is 13.5. The average Bonchev–Trinajstić information content (AvgIpc) is 3.30. The van der Waals surface area contributed by atoms with Crippen LogP contribution in [0.15, 0.2) is 47.0 Å². The van der Waals surface area contributed by atoms with Crippen molar-refractivity contribution in [3.05, 3.63) is 59.7 Å². The van der Waals surface area contributed by atoms with Gasteiger partial charge in [-0.05, 0) is 49.7 Å². The van der Waals surface area contributed by atoms with Crippen molar-refractivity contribution in [3.8, 4) is 17.1 Å². The summed E-state index contributed by atoms with van der Waals surface area (Å²) < 4.78 is 24.3. The number of halogens is 1. The third kappa shape index (κ3) is 3.47. The molecule has 3 aromatic rings. The standard InChI is InChI=1S/C21H20FN3O3/c1-3-27-17-6-4-5-14(10-17)20-23-21(28-24-20)15-11-19(26)25(12-15)18-8-7-16(22)9-13(18)2/h4-10,15H,3,11-12H2,1-2H3.